The van der Waals surface area contributed by atoms with E-state index in [1.807, 2.05) is 72.7 Å². The van der Waals surface area contributed by atoms with Crippen LogP contribution in [-0.2, 0) is 13.7 Å². The zero-order valence-corrected chi connectivity index (χ0v) is 16.6. The Morgan fingerprint density at radius 2 is 1.70 bits per heavy atom. The van der Waals surface area contributed by atoms with Crippen LogP contribution in [0.5, 0.6) is 5.75 Å². The maximum atomic E-state index is 6.00. The second-order valence-corrected chi connectivity index (χ2v) is 7.12. The van der Waals surface area contributed by atoms with Crippen molar-refractivity contribution < 1.29 is 4.74 Å². The Labute approximate surface area is 174 Å². The molecule has 3 aromatic heterocycles. The average molecular weight is 392 g/mol. The van der Waals surface area contributed by atoms with E-state index < -0.39 is 0 Å². The van der Waals surface area contributed by atoms with Gasteiger partial charge in [0.2, 0.25) is 0 Å². The van der Waals surface area contributed by atoms with Gasteiger partial charge in [-0.15, -0.1) is 0 Å². The monoisotopic (exact) mass is 392 g/mol. The van der Waals surface area contributed by atoms with Gasteiger partial charge in [-0.2, -0.15) is 5.10 Å². The topological polar surface area (TPSA) is 52.8 Å². The van der Waals surface area contributed by atoms with E-state index in [0.717, 1.165) is 39.0 Å². The van der Waals surface area contributed by atoms with Gasteiger partial charge >= 0.3 is 0 Å². The van der Waals surface area contributed by atoms with E-state index in [4.69, 9.17) is 4.74 Å². The van der Waals surface area contributed by atoms with Gasteiger partial charge in [-0.05, 0) is 23.8 Å². The Morgan fingerprint density at radius 1 is 0.867 bits per heavy atom. The molecule has 0 atom stereocenters. The van der Waals surface area contributed by atoms with Crippen LogP contribution in [0.3, 0.4) is 0 Å². The fourth-order valence-corrected chi connectivity index (χ4v) is 3.50. The number of benzene rings is 2. The minimum atomic E-state index is 0.379. The molecule has 0 N–H and O–H groups in total. The van der Waals surface area contributed by atoms with Gasteiger partial charge in [0.25, 0.3) is 0 Å². The van der Waals surface area contributed by atoms with E-state index in [2.05, 4.69) is 39.3 Å². The molecule has 2 aromatic carbocycles. The van der Waals surface area contributed by atoms with Crippen molar-refractivity contribution in [3.8, 4) is 28.1 Å². The predicted octanol–water partition coefficient (Wildman–Crippen LogP) is 5.28. The SMILES string of the molecule is Cn1cc(-c2ccccc2)c(-c2cncc(OCc3ccc4ccccc4n3)c2)n1. The third-order valence-electron chi connectivity index (χ3n) is 4.94. The molecule has 0 saturated heterocycles. The summed E-state index contributed by atoms with van der Waals surface area (Å²) in [6, 6.07) is 24.3. The van der Waals surface area contributed by atoms with Crippen LogP contribution in [0.4, 0.5) is 0 Å². The lowest BCUT2D eigenvalue weighted by atomic mass is 10.0. The van der Waals surface area contributed by atoms with Crippen molar-refractivity contribution in [2.45, 2.75) is 6.61 Å². The molecule has 0 unspecified atom stereocenters. The number of nitrogens with zero attached hydrogens (tertiary/aromatic N) is 4. The Kier molecular flexibility index (Phi) is 4.69. The number of fused-ring (bicyclic) bond motifs is 1. The van der Waals surface area contributed by atoms with Crippen LogP contribution in [0, 0.1) is 0 Å². The number of hydrogen-bond acceptors (Lipinski definition) is 4. The number of aromatic nitrogens is 4. The van der Waals surface area contributed by atoms with Crippen LogP contribution in [0.15, 0.2) is 91.4 Å². The first kappa shape index (κ1) is 18.1. The van der Waals surface area contributed by atoms with E-state index in [-0.39, 0.29) is 0 Å². The molecule has 5 heteroatoms. The minimum Gasteiger partial charge on any atom is -0.486 e. The molecule has 30 heavy (non-hydrogen) atoms. The van der Waals surface area contributed by atoms with E-state index in [1.165, 1.54) is 0 Å². The van der Waals surface area contributed by atoms with Gasteiger partial charge in [-0.25, -0.2) is 4.98 Å². The predicted molar refractivity (Wildman–Crippen MR) is 118 cm³/mol. The molecular weight excluding hydrogens is 372 g/mol. The zero-order valence-electron chi connectivity index (χ0n) is 16.6. The molecule has 0 amide bonds. The van der Waals surface area contributed by atoms with Crippen LogP contribution in [0.25, 0.3) is 33.3 Å². The lowest BCUT2D eigenvalue weighted by molar-refractivity contribution is 0.300. The van der Waals surface area contributed by atoms with Crippen LogP contribution < -0.4 is 4.74 Å². The normalized spacial score (nSPS) is 11.0. The second kappa shape index (κ2) is 7.79. The van der Waals surface area contributed by atoms with E-state index in [0.29, 0.717) is 12.4 Å². The van der Waals surface area contributed by atoms with E-state index in [9.17, 15) is 0 Å². The standard InChI is InChI=1S/C25H20N4O/c1-29-16-23(18-7-3-2-4-8-18)25(28-29)20-13-22(15-26-14-20)30-17-21-12-11-19-9-5-6-10-24(19)27-21/h2-16H,17H2,1H3. The second-order valence-electron chi connectivity index (χ2n) is 7.12. The zero-order chi connectivity index (χ0) is 20.3. The number of aryl methyl sites for hydroxylation is 1. The average Bonchev–Trinajstić information content (AvgIpc) is 3.20. The summed E-state index contributed by atoms with van der Waals surface area (Å²) in [6.07, 6.45) is 5.56. The molecule has 3 heterocycles. The maximum absolute atomic E-state index is 6.00. The van der Waals surface area contributed by atoms with E-state index in [1.54, 1.807) is 6.20 Å². The highest BCUT2D eigenvalue weighted by molar-refractivity contribution is 5.80. The molecule has 0 spiro atoms. The molecule has 5 nitrogen and oxygen atoms in total. The van der Waals surface area contributed by atoms with Gasteiger partial charge < -0.3 is 4.74 Å². The summed E-state index contributed by atoms with van der Waals surface area (Å²) in [5.74, 6) is 0.687. The molecular formula is C25H20N4O. The van der Waals surface area contributed by atoms with Gasteiger partial charge in [0.15, 0.2) is 0 Å². The largest absolute Gasteiger partial charge is 0.486 e. The summed E-state index contributed by atoms with van der Waals surface area (Å²) in [4.78, 5) is 9.04. The highest BCUT2D eigenvalue weighted by atomic mass is 16.5. The summed E-state index contributed by atoms with van der Waals surface area (Å²) >= 11 is 0. The van der Waals surface area contributed by atoms with Gasteiger partial charge in [0.05, 0.1) is 17.4 Å². The molecule has 146 valence electrons. The number of rotatable bonds is 5. The van der Waals surface area contributed by atoms with Crippen LogP contribution in [-0.4, -0.2) is 19.7 Å². The Hall–Kier alpha value is -3.99. The number of para-hydroxylation sites is 1. The van der Waals surface area contributed by atoms with Crippen molar-refractivity contribution >= 4 is 10.9 Å². The Balaban J connectivity index is 1.41. The van der Waals surface area contributed by atoms with Crippen LogP contribution >= 0.6 is 0 Å². The van der Waals surface area contributed by atoms with Crippen LogP contribution in [0.1, 0.15) is 5.69 Å². The minimum absolute atomic E-state index is 0.379. The van der Waals surface area contributed by atoms with Gasteiger partial charge in [0, 0.05) is 36.0 Å². The van der Waals surface area contributed by atoms with E-state index >= 15 is 0 Å². The Morgan fingerprint density at radius 3 is 2.60 bits per heavy atom. The highest BCUT2D eigenvalue weighted by Crippen LogP contribution is 2.32. The third-order valence-corrected chi connectivity index (χ3v) is 4.94. The third kappa shape index (κ3) is 3.65. The van der Waals surface area contributed by atoms with Crippen molar-refractivity contribution in [3.63, 3.8) is 0 Å². The number of pyridine rings is 2. The quantitative estimate of drug-likeness (QED) is 0.408. The molecule has 0 aliphatic rings. The molecule has 5 aromatic rings. The first-order valence-corrected chi connectivity index (χ1v) is 9.78. The highest BCUT2D eigenvalue weighted by Gasteiger charge is 2.13. The summed E-state index contributed by atoms with van der Waals surface area (Å²) in [6.45, 7) is 0.379. The molecule has 0 aliphatic heterocycles. The fraction of sp³-hybridized carbons (Fsp3) is 0.0800. The lowest BCUT2D eigenvalue weighted by Crippen LogP contribution is -1.99. The van der Waals surface area contributed by atoms with Crippen molar-refractivity contribution in [2.24, 2.45) is 7.05 Å². The molecule has 0 radical (unpaired) electrons. The van der Waals surface area contributed by atoms with Crippen molar-refractivity contribution in [3.05, 3.63) is 97.1 Å². The maximum Gasteiger partial charge on any atom is 0.138 e. The molecule has 0 bridgehead atoms. The first-order valence-electron chi connectivity index (χ1n) is 9.78. The smallest absolute Gasteiger partial charge is 0.138 e. The van der Waals surface area contributed by atoms with Crippen molar-refractivity contribution in [2.75, 3.05) is 0 Å². The fourth-order valence-electron chi connectivity index (χ4n) is 3.50. The van der Waals surface area contributed by atoms with Gasteiger partial charge in [-0.1, -0.05) is 54.6 Å². The summed E-state index contributed by atoms with van der Waals surface area (Å²) in [5.41, 5.74) is 5.82. The Bertz CT molecular complexity index is 1310. The molecule has 0 saturated carbocycles. The summed E-state index contributed by atoms with van der Waals surface area (Å²) in [7, 11) is 1.93. The van der Waals surface area contributed by atoms with Gasteiger partial charge in [0.1, 0.15) is 18.1 Å². The molecule has 5 rings (SSSR count). The lowest BCUT2D eigenvalue weighted by Gasteiger charge is -2.08. The summed E-state index contributed by atoms with van der Waals surface area (Å²) in [5, 5.41) is 5.78. The summed E-state index contributed by atoms with van der Waals surface area (Å²) < 4.78 is 7.82. The van der Waals surface area contributed by atoms with Crippen LogP contribution in [0.2, 0.25) is 0 Å². The van der Waals surface area contributed by atoms with Gasteiger partial charge in [-0.3, -0.25) is 9.67 Å². The first-order chi connectivity index (χ1) is 14.8. The van der Waals surface area contributed by atoms with Crippen molar-refractivity contribution in [1.29, 1.82) is 0 Å². The number of hydrogen-bond donors (Lipinski definition) is 0. The molecule has 0 aliphatic carbocycles. The number of ether oxygens (including phenoxy) is 1. The van der Waals surface area contributed by atoms with Crippen molar-refractivity contribution in [1.82, 2.24) is 19.7 Å². The molecule has 0 fully saturated rings.